The van der Waals surface area contributed by atoms with E-state index in [1.165, 1.54) is 12.4 Å². The summed E-state index contributed by atoms with van der Waals surface area (Å²) in [6.07, 6.45) is 2.62. The van der Waals surface area contributed by atoms with Gasteiger partial charge in [0.1, 0.15) is 4.90 Å². The fraction of sp³-hybridized carbons (Fsp3) is 0.500. The average molecular weight is 285 g/mol. The van der Waals surface area contributed by atoms with Crippen LogP contribution >= 0.6 is 0 Å². The average Bonchev–Trinajstić information content (AvgIpc) is 2.75. The van der Waals surface area contributed by atoms with Gasteiger partial charge in [-0.25, -0.2) is 23.1 Å². The first-order valence-electron chi connectivity index (χ1n) is 5.86. The standard InChI is InChI=1S/C10H15N5O3S/c1-2-11-10-13-5-8(6-14-10)19(17,18)15-7-3-9(16)12-4-7/h5-7,15H,2-4H2,1H3,(H,12,16)(H,11,13,14). The lowest BCUT2D eigenvalue weighted by molar-refractivity contribution is -0.119. The van der Waals surface area contributed by atoms with Crippen molar-refractivity contribution in [2.45, 2.75) is 24.3 Å². The van der Waals surface area contributed by atoms with Gasteiger partial charge in [0.2, 0.25) is 21.9 Å². The first kappa shape index (κ1) is 13.7. The third kappa shape index (κ3) is 3.38. The van der Waals surface area contributed by atoms with E-state index in [1.807, 2.05) is 6.92 Å². The SMILES string of the molecule is CCNc1ncc(S(=O)(=O)NC2CNC(=O)C2)cn1. The normalized spacial score (nSPS) is 19.2. The minimum absolute atomic E-state index is 0.0199. The van der Waals surface area contributed by atoms with E-state index >= 15 is 0 Å². The maximum absolute atomic E-state index is 12.0. The molecule has 1 fully saturated rings. The van der Waals surface area contributed by atoms with Crippen LogP contribution in [0.3, 0.4) is 0 Å². The minimum atomic E-state index is -3.69. The lowest BCUT2D eigenvalue weighted by Gasteiger charge is -2.10. The molecule has 2 heterocycles. The fourth-order valence-electron chi connectivity index (χ4n) is 1.68. The second-order valence-corrected chi connectivity index (χ2v) is 5.81. The molecule has 1 aromatic rings. The number of anilines is 1. The number of carbonyl (C=O) groups excluding carboxylic acids is 1. The first-order valence-corrected chi connectivity index (χ1v) is 7.34. The van der Waals surface area contributed by atoms with E-state index < -0.39 is 16.1 Å². The van der Waals surface area contributed by atoms with E-state index in [1.54, 1.807) is 0 Å². The first-order chi connectivity index (χ1) is 9.01. The summed E-state index contributed by atoms with van der Waals surface area (Å²) in [6.45, 7) is 2.84. The summed E-state index contributed by atoms with van der Waals surface area (Å²) in [6, 6.07) is -0.425. The minimum Gasteiger partial charge on any atom is -0.355 e. The van der Waals surface area contributed by atoms with Crippen LogP contribution in [0.2, 0.25) is 0 Å². The van der Waals surface area contributed by atoms with E-state index in [4.69, 9.17) is 0 Å². The Labute approximate surface area is 111 Å². The van der Waals surface area contributed by atoms with Crippen LogP contribution in [0.5, 0.6) is 0 Å². The van der Waals surface area contributed by atoms with Crippen molar-refractivity contribution in [2.24, 2.45) is 0 Å². The molecule has 19 heavy (non-hydrogen) atoms. The predicted octanol–water partition coefficient (Wildman–Crippen LogP) is -0.925. The van der Waals surface area contributed by atoms with Crippen molar-refractivity contribution in [1.29, 1.82) is 0 Å². The second kappa shape index (κ2) is 5.49. The molecule has 1 aliphatic rings. The molecule has 0 radical (unpaired) electrons. The van der Waals surface area contributed by atoms with Gasteiger partial charge in [-0.15, -0.1) is 0 Å². The number of rotatable bonds is 5. The second-order valence-electron chi connectivity index (χ2n) is 4.10. The van der Waals surface area contributed by atoms with Crippen LogP contribution in [0, 0.1) is 0 Å². The zero-order valence-corrected chi connectivity index (χ0v) is 11.2. The number of hydrogen-bond acceptors (Lipinski definition) is 6. The van der Waals surface area contributed by atoms with Gasteiger partial charge in [-0.05, 0) is 6.92 Å². The van der Waals surface area contributed by atoms with Crippen LogP contribution in [0.15, 0.2) is 17.3 Å². The summed E-state index contributed by atoms with van der Waals surface area (Å²) in [4.78, 5) is 18.8. The molecule has 104 valence electrons. The van der Waals surface area contributed by atoms with Gasteiger partial charge < -0.3 is 10.6 Å². The number of aromatic nitrogens is 2. The molecule has 1 saturated heterocycles. The van der Waals surface area contributed by atoms with Crippen molar-refractivity contribution in [1.82, 2.24) is 20.0 Å². The molecule has 1 amide bonds. The molecular formula is C10H15N5O3S. The van der Waals surface area contributed by atoms with Crippen LogP contribution < -0.4 is 15.4 Å². The molecule has 8 nitrogen and oxygen atoms in total. The summed E-state index contributed by atoms with van der Waals surface area (Å²) in [7, 11) is -3.69. The Kier molecular flexibility index (Phi) is 3.96. The van der Waals surface area contributed by atoms with Crippen molar-refractivity contribution in [3.05, 3.63) is 12.4 Å². The van der Waals surface area contributed by atoms with Gasteiger partial charge in [0.05, 0.1) is 12.4 Å². The van der Waals surface area contributed by atoms with Gasteiger partial charge >= 0.3 is 0 Å². The van der Waals surface area contributed by atoms with E-state index in [9.17, 15) is 13.2 Å². The number of carbonyl (C=O) groups is 1. The summed E-state index contributed by atoms with van der Waals surface area (Å²) in [5.41, 5.74) is 0. The van der Waals surface area contributed by atoms with Gasteiger partial charge in [-0.3, -0.25) is 4.79 Å². The number of amides is 1. The molecule has 9 heteroatoms. The van der Waals surface area contributed by atoms with Crippen LogP contribution in [0.25, 0.3) is 0 Å². The smallest absolute Gasteiger partial charge is 0.243 e. The van der Waals surface area contributed by atoms with Crippen molar-refractivity contribution < 1.29 is 13.2 Å². The van der Waals surface area contributed by atoms with Gasteiger partial charge in [0.25, 0.3) is 0 Å². The Balaban J connectivity index is 2.08. The van der Waals surface area contributed by atoms with Gasteiger partial charge in [-0.1, -0.05) is 0 Å². The monoisotopic (exact) mass is 285 g/mol. The Hall–Kier alpha value is -1.74. The van der Waals surface area contributed by atoms with Crippen LogP contribution in [0.1, 0.15) is 13.3 Å². The Bertz CT molecular complexity index is 557. The van der Waals surface area contributed by atoms with Crippen LogP contribution in [0.4, 0.5) is 5.95 Å². The zero-order chi connectivity index (χ0) is 13.9. The Morgan fingerprint density at radius 2 is 2.11 bits per heavy atom. The van der Waals surface area contributed by atoms with E-state index in [2.05, 4.69) is 25.3 Å². The predicted molar refractivity (Wildman–Crippen MR) is 67.9 cm³/mol. The molecule has 1 aliphatic heterocycles. The van der Waals surface area contributed by atoms with Crippen molar-refractivity contribution in [2.75, 3.05) is 18.4 Å². The third-order valence-corrected chi connectivity index (χ3v) is 4.05. The van der Waals surface area contributed by atoms with Gasteiger partial charge in [-0.2, -0.15) is 0 Å². The largest absolute Gasteiger partial charge is 0.355 e. The van der Waals surface area contributed by atoms with Crippen LogP contribution in [-0.4, -0.2) is 43.4 Å². The molecule has 0 aromatic carbocycles. The molecular weight excluding hydrogens is 270 g/mol. The summed E-state index contributed by atoms with van der Waals surface area (Å²) in [5, 5.41) is 5.44. The molecule has 0 aliphatic carbocycles. The number of nitrogens with one attached hydrogen (secondary N) is 3. The quantitative estimate of drug-likeness (QED) is 0.644. The molecule has 0 bridgehead atoms. The molecule has 2 rings (SSSR count). The number of sulfonamides is 1. The van der Waals surface area contributed by atoms with Crippen molar-refractivity contribution in [3.63, 3.8) is 0 Å². The molecule has 1 aromatic heterocycles. The Morgan fingerprint density at radius 3 is 2.63 bits per heavy atom. The molecule has 0 saturated carbocycles. The highest BCUT2D eigenvalue weighted by Gasteiger charge is 2.27. The third-order valence-electron chi connectivity index (χ3n) is 2.57. The van der Waals surface area contributed by atoms with E-state index in [0.29, 0.717) is 19.0 Å². The lowest BCUT2D eigenvalue weighted by Crippen LogP contribution is -2.36. The molecule has 1 unspecified atom stereocenters. The number of hydrogen-bond donors (Lipinski definition) is 3. The molecule has 1 atom stereocenters. The zero-order valence-electron chi connectivity index (χ0n) is 10.4. The summed E-state index contributed by atoms with van der Waals surface area (Å²) < 4.78 is 26.5. The lowest BCUT2D eigenvalue weighted by atomic mass is 10.3. The highest BCUT2D eigenvalue weighted by molar-refractivity contribution is 7.89. The number of nitrogens with zero attached hydrogens (tertiary/aromatic N) is 2. The highest BCUT2D eigenvalue weighted by Crippen LogP contribution is 2.10. The van der Waals surface area contributed by atoms with Crippen LogP contribution in [-0.2, 0) is 14.8 Å². The maximum atomic E-state index is 12.0. The maximum Gasteiger partial charge on any atom is 0.243 e. The topological polar surface area (TPSA) is 113 Å². The summed E-state index contributed by atoms with van der Waals surface area (Å²) >= 11 is 0. The van der Waals surface area contributed by atoms with E-state index in [0.717, 1.165) is 0 Å². The van der Waals surface area contributed by atoms with Crippen molar-refractivity contribution in [3.8, 4) is 0 Å². The fourth-order valence-corrected chi connectivity index (χ4v) is 2.80. The van der Waals surface area contributed by atoms with Gasteiger partial charge in [0.15, 0.2) is 0 Å². The Morgan fingerprint density at radius 1 is 1.42 bits per heavy atom. The van der Waals surface area contributed by atoms with E-state index in [-0.39, 0.29) is 17.2 Å². The molecule has 0 spiro atoms. The summed E-state index contributed by atoms with van der Waals surface area (Å²) in [5.74, 6) is 0.214. The highest BCUT2D eigenvalue weighted by atomic mass is 32.2. The van der Waals surface area contributed by atoms with Gasteiger partial charge in [0, 0.05) is 25.6 Å². The van der Waals surface area contributed by atoms with Crippen molar-refractivity contribution >= 4 is 21.9 Å². The molecule has 3 N–H and O–H groups in total.